The number of rotatable bonds is 10. The molecule has 0 amide bonds. The van der Waals surface area contributed by atoms with E-state index in [-0.39, 0.29) is 36.4 Å². The molecule has 2 saturated heterocycles. The summed E-state index contributed by atoms with van der Waals surface area (Å²) in [7, 11) is 0. The van der Waals surface area contributed by atoms with Crippen LogP contribution in [0.15, 0.2) is 65.6 Å². The molecule has 10 nitrogen and oxygen atoms in total. The number of aliphatic carboxylic acids is 1. The fraction of sp³-hybridized carbons (Fsp3) is 0.370. The van der Waals surface area contributed by atoms with Crippen molar-refractivity contribution in [2.75, 3.05) is 25.1 Å². The van der Waals surface area contributed by atoms with Crippen LogP contribution in [0.3, 0.4) is 0 Å². The number of carboxylic acid groups (broad SMARTS) is 1. The highest BCUT2D eigenvalue weighted by atomic mass is 16.6. The fourth-order valence-corrected chi connectivity index (χ4v) is 4.69. The molecule has 2 aliphatic heterocycles. The number of aliphatic hydroxyl groups is 1. The summed E-state index contributed by atoms with van der Waals surface area (Å²) in [6, 6.07) is 16.9. The van der Waals surface area contributed by atoms with Crippen LogP contribution in [0.2, 0.25) is 0 Å². The lowest BCUT2D eigenvalue weighted by Crippen LogP contribution is -2.34. The van der Waals surface area contributed by atoms with Crippen molar-refractivity contribution >= 4 is 11.7 Å². The van der Waals surface area contributed by atoms with Gasteiger partial charge in [0.2, 0.25) is 0 Å². The van der Waals surface area contributed by atoms with Gasteiger partial charge in [0, 0.05) is 12.1 Å². The van der Waals surface area contributed by atoms with Gasteiger partial charge in [0.25, 0.3) is 5.56 Å². The van der Waals surface area contributed by atoms with Crippen molar-refractivity contribution in [2.24, 2.45) is 0 Å². The number of benzene rings is 2. The Kier molecular flexibility index (Phi) is 7.50. The van der Waals surface area contributed by atoms with Crippen LogP contribution in [0.5, 0.6) is 5.75 Å². The zero-order valence-electron chi connectivity index (χ0n) is 20.2. The molecule has 2 aromatic carbocycles. The molecular weight excluding hydrogens is 478 g/mol. The lowest BCUT2D eigenvalue weighted by molar-refractivity contribution is -0.137. The smallest absolute Gasteiger partial charge is 0.323 e. The molecule has 0 radical (unpaired) electrons. The van der Waals surface area contributed by atoms with E-state index in [2.05, 4.69) is 22.4 Å². The Morgan fingerprint density at radius 3 is 2.59 bits per heavy atom. The molecule has 194 valence electrons. The first-order chi connectivity index (χ1) is 18.0. The highest BCUT2D eigenvalue weighted by Gasteiger charge is 2.48. The molecule has 3 N–H and O–H groups in total. The first-order valence-electron chi connectivity index (χ1n) is 12.3. The number of hydrogen-bond donors (Lipinski definition) is 3. The quantitative estimate of drug-likeness (QED) is 0.352. The number of nitrogens with zero attached hydrogens (tertiary/aromatic N) is 2. The Labute approximate surface area is 213 Å². The maximum absolute atomic E-state index is 13.1. The summed E-state index contributed by atoms with van der Waals surface area (Å²) in [6.07, 6.45) is 1.40. The molecule has 3 heterocycles. The minimum absolute atomic E-state index is 0.221. The molecule has 37 heavy (non-hydrogen) atoms. The summed E-state index contributed by atoms with van der Waals surface area (Å²) in [5.74, 6) is -0.326. The van der Waals surface area contributed by atoms with Gasteiger partial charge in [0.1, 0.15) is 42.1 Å². The number of hydrogen-bond acceptors (Lipinski definition) is 8. The van der Waals surface area contributed by atoms with Crippen LogP contribution in [-0.2, 0) is 27.2 Å². The largest absolute Gasteiger partial charge is 0.485 e. The minimum Gasteiger partial charge on any atom is -0.485 e. The van der Waals surface area contributed by atoms with E-state index in [1.165, 1.54) is 11.8 Å². The third kappa shape index (κ3) is 5.66. The van der Waals surface area contributed by atoms with E-state index in [1.54, 1.807) is 24.3 Å². The van der Waals surface area contributed by atoms with Gasteiger partial charge < -0.3 is 29.7 Å². The van der Waals surface area contributed by atoms with Crippen molar-refractivity contribution in [2.45, 2.75) is 43.8 Å². The molecule has 4 atom stereocenters. The molecule has 5 rings (SSSR count). The Hall–Kier alpha value is -3.73. The molecule has 0 unspecified atom stereocenters. The Balaban J connectivity index is 1.27. The van der Waals surface area contributed by atoms with Crippen molar-refractivity contribution in [1.29, 1.82) is 0 Å². The second kappa shape index (κ2) is 11.1. The summed E-state index contributed by atoms with van der Waals surface area (Å²) in [6.45, 7) is 0.575. The normalized spacial score (nSPS) is 22.5. The van der Waals surface area contributed by atoms with Gasteiger partial charge in [-0.3, -0.25) is 14.2 Å². The number of anilines is 1. The maximum atomic E-state index is 13.1. The van der Waals surface area contributed by atoms with Crippen molar-refractivity contribution in [3.63, 3.8) is 0 Å². The van der Waals surface area contributed by atoms with Gasteiger partial charge in [-0.05, 0) is 42.7 Å². The molecule has 10 heteroatoms. The second-order valence-electron chi connectivity index (χ2n) is 9.14. The number of nitrogens with one attached hydrogen (secondary N) is 1. The van der Waals surface area contributed by atoms with Crippen LogP contribution in [0.1, 0.15) is 12.0 Å². The zero-order chi connectivity index (χ0) is 25.8. The molecule has 2 aliphatic rings. The predicted molar refractivity (Wildman–Crippen MR) is 135 cm³/mol. The molecule has 0 bridgehead atoms. The van der Waals surface area contributed by atoms with E-state index in [9.17, 15) is 19.8 Å². The van der Waals surface area contributed by atoms with Crippen LogP contribution in [0.4, 0.5) is 5.69 Å². The molecular formula is C27H29N3O7. The standard InChI is InChI=1S/C27H29N3O7/c31-21-15-35-25-22(16-36-24(21)25)37-19-10-8-18(9-11-19)26-29-13-20(27(34)30(26)14-23(32)33)28-12-4-7-17-5-2-1-3-6-17/h1-3,5-6,8-11,13,21-22,24-25,28,31H,4,7,12,14-16H2,(H,32,33)/t21-,22-,24-,25-/m1/s1. The number of fused-ring (bicyclic) bond motifs is 1. The number of ether oxygens (including phenoxy) is 3. The Morgan fingerprint density at radius 1 is 1.08 bits per heavy atom. The average molecular weight is 508 g/mol. The van der Waals surface area contributed by atoms with Crippen molar-refractivity contribution < 1.29 is 29.2 Å². The molecule has 0 aliphatic carbocycles. The van der Waals surface area contributed by atoms with E-state index >= 15 is 0 Å². The van der Waals surface area contributed by atoms with E-state index < -0.39 is 24.2 Å². The first kappa shape index (κ1) is 24.9. The van der Waals surface area contributed by atoms with E-state index in [0.29, 0.717) is 24.5 Å². The number of carbonyl (C=O) groups is 1. The maximum Gasteiger partial charge on any atom is 0.323 e. The third-order valence-electron chi connectivity index (χ3n) is 6.52. The predicted octanol–water partition coefficient (Wildman–Crippen LogP) is 1.95. The van der Waals surface area contributed by atoms with Gasteiger partial charge >= 0.3 is 5.97 Å². The number of aryl methyl sites for hydroxylation is 1. The molecule has 3 aromatic rings. The van der Waals surface area contributed by atoms with Gasteiger partial charge in [-0.1, -0.05) is 30.3 Å². The van der Waals surface area contributed by atoms with E-state index in [1.807, 2.05) is 18.2 Å². The van der Waals surface area contributed by atoms with Gasteiger partial charge in [0.15, 0.2) is 6.10 Å². The van der Waals surface area contributed by atoms with Crippen LogP contribution in [0.25, 0.3) is 11.4 Å². The van der Waals surface area contributed by atoms with Crippen LogP contribution >= 0.6 is 0 Å². The molecule has 0 saturated carbocycles. The lowest BCUT2D eigenvalue weighted by Gasteiger charge is -2.18. The Morgan fingerprint density at radius 2 is 1.84 bits per heavy atom. The summed E-state index contributed by atoms with van der Waals surface area (Å²) >= 11 is 0. The van der Waals surface area contributed by atoms with Crippen molar-refractivity contribution in [3.05, 3.63) is 76.7 Å². The zero-order valence-corrected chi connectivity index (χ0v) is 20.2. The van der Waals surface area contributed by atoms with Crippen LogP contribution in [0, 0.1) is 0 Å². The summed E-state index contributed by atoms with van der Waals surface area (Å²) in [5.41, 5.74) is 1.60. The highest BCUT2D eigenvalue weighted by molar-refractivity contribution is 5.68. The Bertz CT molecular complexity index is 1280. The molecule has 2 fully saturated rings. The van der Waals surface area contributed by atoms with Gasteiger partial charge in [0.05, 0.1) is 19.4 Å². The monoisotopic (exact) mass is 507 g/mol. The number of aromatic nitrogens is 2. The van der Waals surface area contributed by atoms with E-state index in [4.69, 9.17) is 14.2 Å². The average Bonchev–Trinajstić information content (AvgIpc) is 3.47. The van der Waals surface area contributed by atoms with Crippen molar-refractivity contribution in [1.82, 2.24) is 9.55 Å². The van der Waals surface area contributed by atoms with Crippen LogP contribution < -0.4 is 15.6 Å². The topological polar surface area (TPSA) is 132 Å². The highest BCUT2D eigenvalue weighted by Crippen LogP contribution is 2.30. The third-order valence-corrected chi connectivity index (χ3v) is 6.52. The molecule has 0 spiro atoms. The fourth-order valence-electron chi connectivity index (χ4n) is 4.69. The minimum atomic E-state index is -1.14. The number of carboxylic acids is 1. The number of aliphatic hydroxyl groups excluding tert-OH is 1. The van der Waals surface area contributed by atoms with E-state index in [0.717, 1.165) is 17.4 Å². The summed E-state index contributed by atoms with van der Waals surface area (Å²) in [5, 5.41) is 22.4. The second-order valence-corrected chi connectivity index (χ2v) is 9.14. The SMILES string of the molecule is O=C(O)Cn1c(-c2ccc(O[C@@H]3CO[C@H]4[C@@H]3OC[C@H]4O)cc2)ncc(NCCCc2ccccc2)c1=O. The first-order valence-corrected chi connectivity index (χ1v) is 12.3. The van der Waals surface area contributed by atoms with Gasteiger partial charge in [-0.2, -0.15) is 0 Å². The van der Waals surface area contributed by atoms with Crippen molar-refractivity contribution in [3.8, 4) is 17.1 Å². The van der Waals surface area contributed by atoms with Crippen LogP contribution in [-0.4, -0.2) is 69.9 Å². The lowest BCUT2D eigenvalue weighted by atomic mass is 10.1. The molecule has 1 aromatic heterocycles. The van der Waals surface area contributed by atoms with Gasteiger partial charge in [-0.15, -0.1) is 0 Å². The summed E-state index contributed by atoms with van der Waals surface area (Å²) in [4.78, 5) is 29.1. The van der Waals surface area contributed by atoms with Gasteiger partial charge in [-0.25, -0.2) is 4.98 Å². The summed E-state index contributed by atoms with van der Waals surface area (Å²) < 4.78 is 18.3.